The van der Waals surface area contributed by atoms with E-state index in [2.05, 4.69) is 38.8 Å². The summed E-state index contributed by atoms with van der Waals surface area (Å²) in [6, 6.07) is 11.4. The maximum Gasteiger partial charge on any atom is 0.213 e. The molecule has 0 bridgehead atoms. The van der Waals surface area contributed by atoms with Crippen LogP contribution in [0.1, 0.15) is 11.3 Å². The predicted molar refractivity (Wildman–Crippen MR) is 91.5 cm³/mol. The molecule has 120 valence electrons. The Kier molecular flexibility index (Phi) is 3.89. The number of hydrogen-bond acceptors (Lipinski definition) is 3. The van der Waals surface area contributed by atoms with Gasteiger partial charge in [-0.1, -0.05) is 5.92 Å². The van der Waals surface area contributed by atoms with E-state index in [9.17, 15) is 4.39 Å². The zero-order chi connectivity index (χ0) is 16.4. The SMILES string of the molecule is Fc1cc2cc(C#Cc3ccc(N4CCOCC4)cc3)[nH]c2cn1. The molecule has 3 aromatic rings. The van der Waals surface area contributed by atoms with E-state index in [1.54, 1.807) is 0 Å². The number of aromatic nitrogens is 2. The Morgan fingerprint density at radius 1 is 1.08 bits per heavy atom. The number of hydrogen-bond donors (Lipinski definition) is 1. The maximum atomic E-state index is 13.1. The van der Waals surface area contributed by atoms with Crippen molar-refractivity contribution in [3.05, 3.63) is 59.8 Å². The molecule has 1 aliphatic rings. The molecule has 0 atom stereocenters. The summed E-state index contributed by atoms with van der Waals surface area (Å²) < 4.78 is 18.5. The van der Waals surface area contributed by atoms with Gasteiger partial charge in [-0.3, -0.25) is 0 Å². The lowest BCUT2D eigenvalue weighted by atomic mass is 10.2. The molecule has 4 rings (SSSR count). The number of anilines is 1. The van der Waals surface area contributed by atoms with Crippen molar-refractivity contribution in [2.45, 2.75) is 0 Å². The molecule has 4 nitrogen and oxygen atoms in total. The first-order valence-corrected chi connectivity index (χ1v) is 7.87. The molecule has 0 aliphatic carbocycles. The number of fused-ring (bicyclic) bond motifs is 1. The summed E-state index contributed by atoms with van der Waals surface area (Å²) in [5.74, 6) is 5.72. The minimum Gasteiger partial charge on any atom is -0.378 e. The summed E-state index contributed by atoms with van der Waals surface area (Å²) in [7, 11) is 0. The Hall–Kier alpha value is -2.84. The predicted octanol–water partition coefficient (Wildman–Crippen LogP) is 2.94. The zero-order valence-corrected chi connectivity index (χ0v) is 13.1. The fourth-order valence-electron chi connectivity index (χ4n) is 2.79. The Bertz CT molecular complexity index is 915. The lowest BCUT2D eigenvalue weighted by molar-refractivity contribution is 0.122. The van der Waals surface area contributed by atoms with Crippen LogP contribution < -0.4 is 4.90 Å². The van der Waals surface area contributed by atoms with Crippen LogP contribution in [0.15, 0.2) is 42.6 Å². The van der Waals surface area contributed by atoms with E-state index in [0.29, 0.717) is 0 Å². The van der Waals surface area contributed by atoms with Gasteiger partial charge in [0.25, 0.3) is 0 Å². The third-order valence-corrected chi connectivity index (χ3v) is 4.06. The van der Waals surface area contributed by atoms with Crippen LogP contribution >= 0.6 is 0 Å². The van der Waals surface area contributed by atoms with Gasteiger partial charge in [0.05, 0.1) is 30.6 Å². The minimum atomic E-state index is -0.486. The second kappa shape index (κ2) is 6.34. The highest BCUT2D eigenvalue weighted by molar-refractivity contribution is 5.80. The van der Waals surface area contributed by atoms with Gasteiger partial charge in [-0.2, -0.15) is 4.39 Å². The van der Waals surface area contributed by atoms with E-state index in [-0.39, 0.29) is 0 Å². The van der Waals surface area contributed by atoms with Crippen LogP contribution in [0.25, 0.3) is 10.9 Å². The van der Waals surface area contributed by atoms with Crippen molar-refractivity contribution in [1.82, 2.24) is 9.97 Å². The van der Waals surface area contributed by atoms with Gasteiger partial charge < -0.3 is 14.6 Å². The average Bonchev–Trinajstić information content (AvgIpc) is 3.03. The third-order valence-electron chi connectivity index (χ3n) is 4.06. The molecular formula is C19H16FN3O. The van der Waals surface area contributed by atoms with Gasteiger partial charge in [-0.15, -0.1) is 0 Å². The van der Waals surface area contributed by atoms with Crippen molar-refractivity contribution >= 4 is 16.6 Å². The van der Waals surface area contributed by atoms with Gasteiger partial charge in [0, 0.05) is 35.8 Å². The first-order valence-electron chi connectivity index (χ1n) is 7.87. The molecular weight excluding hydrogens is 305 g/mol. The van der Waals surface area contributed by atoms with E-state index < -0.39 is 5.95 Å². The van der Waals surface area contributed by atoms with E-state index in [1.165, 1.54) is 18.0 Å². The van der Waals surface area contributed by atoms with Gasteiger partial charge in [0.2, 0.25) is 5.95 Å². The van der Waals surface area contributed by atoms with Gasteiger partial charge in [-0.25, -0.2) is 4.98 Å². The number of rotatable bonds is 1. The van der Waals surface area contributed by atoms with Crippen molar-refractivity contribution in [3.63, 3.8) is 0 Å². The quantitative estimate of drug-likeness (QED) is 0.553. The number of nitrogens with one attached hydrogen (secondary N) is 1. The van der Waals surface area contributed by atoms with Crippen LogP contribution in [0.2, 0.25) is 0 Å². The molecule has 5 heteroatoms. The number of ether oxygens (including phenoxy) is 1. The number of pyridine rings is 1. The van der Waals surface area contributed by atoms with Gasteiger partial charge in [0.1, 0.15) is 0 Å². The highest BCUT2D eigenvalue weighted by Crippen LogP contribution is 2.17. The molecule has 1 aliphatic heterocycles. The average molecular weight is 321 g/mol. The summed E-state index contributed by atoms with van der Waals surface area (Å²) in [5, 5.41) is 0.773. The van der Waals surface area contributed by atoms with Crippen LogP contribution in [-0.2, 0) is 4.74 Å². The Balaban J connectivity index is 1.53. The fourth-order valence-corrected chi connectivity index (χ4v) is 2.79. The molecule has 1 N–H and O–H groups in total. The molecule has 0 saturated carbocycles. The Labute approximate surface area is 139 Å². The molecule has 0 unspecified atom stereocenters. The Morgan fingerprint density at radius 3 is 2.67 bits per heavy atom. The number of H-pyrrole nitrogens is 1. The van der Waals surface area contributed by atoms with Crippen LogP contribution in [0.4, 0.5) is 10.1 Å². The third kappa shape index (κ3) is 3.10. The summed E-state index contributed by atoms with van der Waals surface area (Å²) in [4.78, 5) is 9.07. The van der Waals surface area contributed by atoms with Crippen LogP contribution in [0, 0.1) is 17.8 Å². The molecule has 3 heterocycles. The second-order valence-electron chi connectivity index (χ2n) is 5.67. The van der Waals surface area contributed by atoms with E-state index in [0.717, 1.165) is 48.5 Å². The highest BCUT2D eigenvalue weighted by atomic mass is 19.1. The van der Waals surface area contributed by atoms with Gasteiger partial charge >= 0.3 is 0 Å². The van der Waals surface area contributed by atoms with Crippen molar-refractivity contribution in [3.8, 4) is 11.8 Å². The molecule has 1 fully saturated rings. The number of halogens is 1. The lowest BCUT2D eigenvalue weighted by Crippen LogP contribution is -2.36. The summed E-state index contributed by atoms with van der Waals surface area (Å²) >= 11 is 0. The first-order chi connectivity index (χ1) is 11.8. The van der Waals surface area contributed by atoms with E-state index >= 15 is 0 Å². The molecule has 0 spiro atoms. The largest absolute Gasteiger partial charge is 0.378 e. The molecule has 2 aromatic heterocycles. The number of benzene rings is 1. The van der Waals surface area contributed by atoms with Gasteiger partial charge in [0.15, 0.2) is 0 Å². The zero-order valence-electron chi connectivity index (χ0n) is 13.1. The van der Waals surface area contributed by atoms with Crippen LogP contribution in [-0.4, -0.2) is 36.3 Å². The fraction of sp³-hybridized carbons (Fsp3) is 0.211. The molecule has 1 saturated heterocycles. The molecule has 0 amide bonds. The summed E-state index contributed by atoms with van der Waals surface area (Å²) in [5.41, 5.74) is 3.66. The number of nitrogens with zero attached hydrogens (tertiary/aromatic N) is 2. The van der Waals surface area contributed by atoms with Crippen LogP contribution in [0.3, 0.4) is 0 Å². The van der Waals surface area contributed by atoms with E-state index in [4.69, 9.17) is 4.74 Å². The number of morpholine rings is 1. The maximum absolute atomic E-state index is 13.1. The first kappa shape index (κ1) is 14.7. The number of aromatic amines is 1. The lowest BCUT2D eigenvalue weighted by Gasteiger charge is -2.28. The van der Waals surface area contributed by atoms with Crippen molar-refractivity contribution in [2.75, 3.05) is 31.2 Å². The van der Waals surface area contributed by atoms with Gasteiger partial charge in [-0.05, 0) is 36.3 Å². The van der Waals surface area contributed by atoms with E-state index in [1.807, 2.05) is 18.2 Å². The minimum absolute atomic E-state index is 0.486. The normalized spacial score (nSPS) is 14.5. The topological polar surface area (TPSA) is 41.1 Å². The second-order valence-corrected chi connectivity index (χ2v) is 5.67. The highest BCUT2D eigenvalue weighted by Gasteiger charge is 2.10. The smallest absolute Gasteiger partial charge is 0.213 e. The standard InChI is InChI=1S/C19H16FN3O/c20-19-12-15-11-16(22-18(15)13-21-19)4-1-14-2-5-17(6-3-14)23-7-9-24-10-8-23/h2-3,5-6,11-13,22H,7-10H2. The van der Waals surface area contributed by atoms with Crippen LogP contribution in [0.5, 0.6) is 0 Å². The monoisotopic (exact) mass is 321 g/mol. The molecule has 1 aromatic carbocycles. The summed E-state index contributed by atoms with van der Waals surface area (Å²) in [6.07, 6.45) is 1.48. The Morgan fingerprint density at radius 2 is 1.88 bits per heavy atom. The van der Waals surface area contributed by atoms with Crippen molar-refractivity contribution in [2.24, 2.45) is 0 Å². The molecule has 24 heavy (non-hydrogen) atoms. The molecule has 0 radical (unpaired) electrons. The van der Waals surface area contributed by atoms with Crippen molar-refractivity contribution < 1.29 is 9.13 Å². The summed E-state index contributed by atoms with van der Waals surface area (Å²) in [6.45, 7) is 3.39. The van der Waals surface area contributed by atoms with Crippen molar-refractivity contribution in [1.29, 1.82) is 0 Å².